The van der Waals surface area contributed by atoms with Crippen LogP contribution in [0.25, 0.3) is 0 Å². The third kappa shape index (κ3) is 4.79. The van der Waals surface area contributed by atoms with Crippen LogP contribution in [0.4, 0.5) is 17.1 Å². The first-order valence-electron chi connectivity index (χ1n) is 5.83. The third-order valence-electron chi connectivity index (χ3n) is 2.61. The fourth-order valence-corrected chi connectivity index (χ4v) is 2.23. The summed E-state index contributed by atoms with van der Waals surface area (Å²) in [6, 6.07) is 10.9. The molecule has 0 aromatic heterocycles. The molecule has 0 saturated heterocycles. The summed E-state index contributed by atoms with van der Waals surface area (Å²) in [5, 5.41) is 7.87. The SMILES string of the molecule is COc1cccc(N=Nc2ccc(N)c(S(=O)(=O)O)c2)c1.[H-].[Na+]. The largest absolute Gasteiger partial charge is 1.00 e. The van der Waals surface area contributed by atoms with Crippen LogP contribution in [0.5, 0.6) is 5.75 Å². The zero-order valence-electron chi connectivity index (χ0n) is 13.1. The number of rotatable bonds is 4. The van der Waals surface area contributed by atoms with Gasteiger partial charge < -0.3 is 11.9 Å². The quantitative estimate of drug-likeness (QED) is 0.356. The number of azo groups is 1. The zero-order valence-corrected chi connectivity index (χ0v) is 14.9. The monoisotopic (exact) mass is 331 g/mol. The molecule has 2 aromatic carbocycles. The molecule has 7 nitrogen and oxygen atoms in total. The second kappa shape index (κ2) is 7.70. The summed E-state index contributed by atoms with van der Waals surface area (Å²) in [4.78, 5) is -0.399. The normalized spacial score (nSPS) is 11.2. The van der Waals surface area contributed by atoms with E-state index in [9.17, 15) is 8.42 Å². The van der Waals surface area contributed by atoms with E-state index in [2.05, 4.69) is 10.2 Å². The molecule has 0 unspecified atom stereocenters. The van der Waals surface area contributed by atoms with Gasteiger partial charge in [-0.2, -0.15) is 18.6 Å². The predicted molar refractivity (Wildman–Crippen MR) is 79.0 cm³/mol. The second-order valence-corrected chi connectivity index (χ2v) is 5.49. The summed E-state index contributed by atoms with van der Waals surface area (Å²) >= 11 is 0. The van der Waals surface area contributed by atoms with E-state index < -0.39 is 15.0 Å². The molecule has 3 N–H and O–H groups in total. The van der Waals surface area contributed by atoms with Crippen molar-refractivity contribution in [3.05, 3.63) is 42.5 Å². The van der Waals surface area contributed by atoms with Crippen molar-refractivity contribution >= 4 is 27.2 Å². The Morgan fingerprint density at radius 3 is 2.36 bits per heavy atom. The summed E-state index contributed by atoms with van der Waals surface area (Å²) < 4.78 is 36.4. The first kappa shape index (κ1) is 18.6. The molecule has 22 heavy (non-hydrogen) atoms. The molecule has 0 aliphatic rings. The van der Waals surface area contributed by atoms with Crippen LogP contribution in [0, 0.1) is 0 Å². The maximum atomic E-state index is 11.2. The number of ether oxygens (including phenoxy) is 1. The molecule has 0 radical (unpaired) electrons. The van der Waals surface area contributed by atoms with Crippen LogP contribution >= 0.6 is 0 Å². The number of methoxy groups -OCH3 is 1. The van der Waals surface area contributed by atoms with Crippen molar-refractivity contribution < 1.29 is 48.7 Å². The molecule has 0 heterocycles. The molecule has 0 amide bonds. The number of nitrogens with zero attached hydrogens (tertiary/aromatic N) is 2. The van der Waals surface area contributed by atoms with Crippen LogP contribution < -0.4 is 40.0 Å². The van der Waals surface area contributed by atoms with Gasteiger partial charge in [0.15, 0.2) is 0 Å². The molecule has 0 atom stereocenters. The molecule has 0 saturated carbocycles. The van der Waals surface area contributed by atoms with Crippen molar-refractivity contribution in [2.24, 2.45) is 10.2 Å². The molecule has 0 aliphatic heterocycles. The van der Waals surface area contributed by atoms with Crippen molar-refractivity contribution in [3.63, 3.8) is 0 Å². The Morgan fingerprint density at radius 1 is 1.14 bits per heavy atom. The smallest absolute Gasteiger partial charge is 1.00 e. The zero-order chi connectivity index (χ0) is 15.5. The van der Waals surface area contributed by atoms with Gasteiger partial charge in [-0.15, -0.1) is 0 Å². The molecule has 2 aromatic rings. The molecule has 0 fully saturated rings. The summed E-state index contributed by atoms with van der Waals surface area (Å²) in [5.74, 6) is 0.627. The summed E-state index contributed by atoms with van der Waals surface area (Å²) in [6.45, 7) is 0. The molecule has 2 rings (SSSR count). The number of hydrogen-bond donors (Lipinski definition) is 2. The van der Waals surface area contributed by atoms with Gasteiger partial charge in [0.25, 0.3) is 10.1 Å². The summed E-state index contributed by atoms with van der Waals surface area (Å²) in [7, 11) is -2.86. The fourth-order valence-electron chi connectivity index (χ4n) is 1.60. The summed E-state index contributed by atoms with van der Waals surface area (Å²) in [5.41, 5.74) is 6.23. The maximum absolute atomic E-state index is 11.2. The van der Waals surface area contributed by atoms with E-state index in [4.69, 9.17) is 15.0 Å². The molecular formula is C13H14N3NaO4S. The Kier molecular flexibility index (Phi) is 6.51. The Hall–Kier alpha value is -1.45. The number of benzene rings is 2. The van der Waals surface area contributed by atoms with Gasteiger partial charge in [-0.1, -0.05) is 6.07 Å². The Morgan fingerprint density at radius 2 is 1.77 bits per heavy atom. The van der Waals surface area contributed by atoms with Crippen molar-refractivity contribution in [3.8, 4) is 5.75 Å². The van der Waals surface area contributed by atoms with Crippen molar-refractivity contribution in [2.75, 3.05) is 12.8 Å². The van der Waals surface area contributed by atoms with Gasteiger partial charge in [0.2, 0.25) is 0 Å². The van der Waals surface area contributed by atoms with Crippen LogP contribution in [-0.2, 0) is 10.1 Å². The Balaban J connectivity index is 0.00000242. The average molecular weight is 331 g/mol. The van der Waals surface area contributed by atoms with Gasteiger partial charge >= 0.3 is 29.6 Å². The number of nitrogen functional groups attached to an aromatic ring is 1. The molecule has 9 heteroatoms. The predicted octanol–water partition coefficient (Wildman–Crippen LogP) is 0.0560. The standard InChI is InChI=1S/C13H13N3O4S.Na.H/c1-20-11-4-2-3-9(7-11)15-16-10-5-6-12(14)13(8-10)21(17,18)19;;/h2-8H,14H2,1H3,(H,17,18,19);;/q;+1;-1. The number of hydrogen-bond acceptors (Lipinski definition) is 6. The van der Waals surface area contributed by atoms with Crippen LogP contribution in [0.1, 0.15) is 1.43 Å². The first-order chi connectivity index (χ1) is 9.90. The van der Waals surface area contributed by atoms with Crippen LogP contribution in [-0.4, -0.2) is 20.1 Å². The van der Waals surface area contributed by atoms with Gasteiger partial charge in [-0.25, -0.2) is 0 Å². The number of anilines is 1. The molecule has 0 spiro atoms. The van der Waals surface area contributed by atoms with Crippen LogP contribution in [0.15, 0.2) is 57.6 Å². The van der Waals surface area contributed by atoms with Gasteiger partial charge in [0.05, 0.1) is 24.2 Å². The van der Waals surface area contributed by atoms with Crippen LogP contribution in [0.2, 0.25) is 0 Å². The maximum Gasteiger partial charge on any atom is 1.00 e. The third-order valence-corrected chi connectivity index (χ3v) is 3.52. The van der Waals surface area contributed by atoms with Crippen molar-refractivity contribution in [2.45, 2.75) is 4.90 Å². The Labute approximate surface area is 151 Å². The molecule has 0 bridgehead atoms. The van der Waals surface area contributed by atoms with Crippen LogP contribution in [0.3, 0.4) is 0 Å². The summed E-state index contributed by atoms with van der Waals surface area (Å²) in [6.07, 6.45) is 0. The van der Waals surface area contributed by atoms with E-state index in [-0.39, 0.29) is 42.4 Å². The van der Waals surface area contributed by atoms with E-state index >= 15 is 0 Å². The van der Waals surface area contributed by atoms with E-state index in [1.807, 2.05) is 0 Å². The van der Waals surface area contributed by atoms with E-state index in [0.29, 0.717) is 11.4 Å². The number of nitrogens with two attached hydrogens (primary N) is 1. The second-order valence-electron chi connectivity index (χ2n) is 4.10. The Bertz CT molecular complexity index is 800. The van der Waals surface area contributed by atoms with E-state index in [1.54, 1.807) is 24.3 Å². The fraction of sp³-hybridized carbons (Fsp3) is 0.0769. The minimum absolute atomic E-state index is 0. The van der Waals surface area contributed by atoms with Crippen molar-refractivity contribution in [1.82, 2.24) is 0 Å². The molecular weight excluding hydrogens is 317 g/mol. The van der Waals surface area contributed by atoms with Gasteiger partial charge in [0, 0.05) is 6.07 Å². The van der Waals surface area contributed by atoms with Gasteiger partial charge in [-0.3, -0.25) is 4.55 Å². The van der Waals surface area contributed by atoms with Gasteiger partial charge in [0.1, 0.15) is 10.6 Å². The van der Waals surface area contributed by atoms with Crippen molar-refractivity contribution in [1.29, 1.82) is 0 Å². The topological polar surface area (TPSA) is 114 Å². The molecule has 0 aliphatic carbocycles. The minimum Gasteiger partial charge on any atom is -1.00 e. The van der Waals surface area contributed by atoms with E-state index in [0.717, 1.165) is 6.07 Å². The van der Waals surface area contributed by atoms with E-state index in [1.165, 1.54) is 19.2 Å². The van der Waals surface area contributed by atoms with Gasteiger partial charge in [-0.05, 0) is 30.3 Å². The molecule has 112 valence electrons. The average Bonchev–Trinajstić information content (AvgIpc) is 2.45. The first-order valence-corrected chi connectivity index (χ1v) is 7.27. The minimum atomic E-state index is -4.40.